The van der Waals surface area contributed by atoms with E-state index in [4.69, 9.17) is 23.7 Å². The van der Waals surface area contributed by atoms with Crippen LogP contribution in [0.25, 0.3) is 6.08 Å². The van der Waals surface area contributed by atoms with Crippen LogP contribution in [-0.4, -0.2) is 40.5 Å². The van der Waals surface area contributed by atoms with Crippen LogP contribution in [0, 0.1) is 5.82 Å². The molecular formula is C20H21FO6. The molecule has 0 fully saturated rings. The van der Waals surface area contributed by atoms with Crippen LogP contribution in [0.15, 0.2) is 42.5 Å². The first-order valence-electron chi connectivity index (χ1n) is 8.10. The summed E-state index contributed by atoms with van der Waals surface area (Å²) in [4.78, 5) is 11.8. The molecule has 0 radical (unpaired) electrons. The first-order valence-corrected chi connectivity index (χ1v) is 8.10. The van der Waals surface area contributed by atoms with E-state index < -0.39 is 5.97 Å². The largest absolute Gasteiger partial charge is 0.493 e. The van der Waals surface area contributed by atoms with Gasteiger partial charge in [0.15, 0.2) is 11.5 Å². The highest BCUT2D eigenvalue weighted by atomic mass is 19.1. The maximum atomic E-state index is 12.8. The standard InChI is InChI=1S/C20H21FO6/c1-23-17-12-14(13-18(24-2)20(17)25-3)4-9-19(22)27-11-10-26-16-7-5-15(21)6-8-16/h4-9,12-13H,10-11H2,1-3H3/b9-4+. The summed E-state index contributed by atoms with van der Waals surface area (Å²) in [5.41, 5.74) is 0.684. The zero-order valence-electron chi connectivity index (χ0n) is 15.4. The number of rotatable bonds is 9. The summed E-state index contributed by atoms with van der Waals surface area (Å²) in [7, 11) is 4.54. The zero-order chi connectivity index (χ0) is 19.6. The van der Waals surface area contributed by atoms with Crippen molar-refractivity contribution in [3.63, 3.8) is 0 Å². The molecule has 0 aliphatic carbocycles. The van der Waals surface area contributed by atoms with Gasteiger partial charge in [0.1, 0.15) is 24.8 Å². The van der Waals surface area contributed by atoms with Gasteiger partial charge in [-0.2, -0.15) is 0 Å². The molecule has 2 aromatic carbocycles. The van der Waals surface area contributed by atoms with E-state index in [9.17, 15) is 9.18 Å². The topological polar surface area (TPSA) is 63.2 Å². The van der Waals surface area contributed by atoms with Crippen LogP contribution >= 0.6 is 0 Å². The number of benzene rings is 2. The average molecular weight is 376 g/mol. The van der Waals surface area contributed by atoms with Crippen molar-refractivity contribution in [2.45, 2.75) is 0 Å². The Morgan fingerprint density at radius 1 is 0.963 bits per heavy atom. The first-order chi connectivity index (χ1) is 13.1. The lowest BCUT2D eigenvalue weighted by atomic mass is 10.1. The highest BCUT2D eigenvalue weighted by Crippen LogP contribution is 2.38. The van der Waals surface area contributed by atoms with E-state index in [-0.39, 0.29) is 19.0 Å². The molecule has 144 valence electrons. The van der Waals surface area contributed by atoms with Crippen molar-refractivity contribution in [2.75, 3.05) is 34.5 Å². The van der Waals surface area contributed by atoms with Crippen molar-refractivity contribution in [3.05, 3.63) is 53.9 Å². The van der Waals surface area contributed by atoms with Crippen molar-refractivity contribution in [3.8, 4) is 23.0 Å². The molecule has 0 atom stereocenters. The van der Waals surface area contributed by atoms with E-state index in [2.05, 4.69) is 0 Å². The summed E-state index contributed by atoms with van der Waals surface area (Å²) in [6.45, 7) is 0.227. The fourth-order valence-corrected chi connectivity index (χ4v) is 2.24. The summed E-state index contributed by atoms with van der Waals surface area (Å²) in [6, 6.07) is 9.01. The van der Waals surface area contributed by atoms with Crippen LogP contribution in [0.5, 0.6) is 23.0 Å². The summed E-state index contributed by atoms with van der Waals surface area (Å²) in [6.07, 6.45) is 2.87. The molecule has 0 aliphatic rings. The van der Waals surface area contributed by atoms with E-state index in [1.807, 2.05) is 0 Å². The molecule has 0 amide bonds. The van der Waals surface area contributed by atoms with Crippen molar-refractivity contribution < 1.29 is 32.9 Å². The number of ether oxygens (including phenoxy) is 5. The fourth-order valence-electron chi connectivity index (χ4n) is 2.24. The maximum absolute atomic E-state index is 12.8. The summed E-state index contributed by atoms with van der Waals surface area (Å²) >= 11 is 0. The van der Waals surface area contributed by atoms with Crippen LogP contribution < -0.4 is 18.9 Å². The molecule has 27 heavy (non-hydrogen) atoms. The molecule has 6 nitrogen and oxygen atoms in total. The van der Waals surface area contributed by atoms with Gasteiger partial charge >= 0.3 is 5.97 Å². The van der Waals surface area contributed by atoms with Gasteiger partial charge in [0.25, 0.3) is 0 Å². The summed E-state index contributed by atoms with van der Waals surface area (Å²) < 4.78 is 39.0. The molecule has 0 aromatic heterocycles. The smallest absolute Gasteiger partial charge is 0.330 e. The van der Waals surface area contributed by atoms with Gasteiger partial charge in [0, 0.05) is 6.08 Å². The number of methoxy groups -OCH3 is 3. The van der Waals surface area contributed by atoms with Gasteiger partial charge < -0.3 is 23.7 Å². The Hall–Kier alpha value is -3.22. The number of halogens is 1. The van der Waals surface area contributed by atoms with E-state index in [0.717, 1.165) is 0 Å². The Morgan fingerprint density at radius 3 is 2.15 bits per heavy atom. The molecule has 0 heterocycles. The lowest BCUT2D eigenvalue weighted by Gasteiger charge is -2.12. The quantitative estimate of drug-likeness (QED) is 0.379. The Kier molecular flexibility index (Phi) is 7.49. The number of hydrogen-bond acceptors (Lipinski definition) is 6. The molecule has 7 heteroatoms. The maximum Gasteiger partial charge on any atom is 0.330 e. The molecule has 0 bridgehead atoms. The van der Waals surface area contributed by atoms with E-state index in [1.165, 1.54) is 51.7 Å². The van der Waals surface area contributed by atoms with Crippen LogP contribution in [-0.2, 0) is 9.53 Å². The zero-order valence-corrected chi connectivity index (χ0v) is 15.4. The van der Waals surface area contributed by atoms with Crippen LogP contribution in [0.2, 0.25) is 0 Å². The highest BCUT2D eigenvalue weighted by Gasteiger charge is 2.12. The van der Waals surface area contributed by atoms with Crippen molar-refractivity contribution in [2.24, 2.45) is 0 Å². The number of carbonyl (C=O) groups excluding carboxylic acids is 1. The number of hydrogen-bond donors (Lipinski definition) is 0. The van der Waals surface area contributed by atoms with E-state index in [0.29, 0.717) is 28.6 Å². The Balaban J connectivity index is 1.87. The third-order valence-electron chi connectivity index (χ3n) is 3.51. The minimum Gasteiger partial charge on any atom is -0.493 e. The molecule has 0 aliphatic heterocycles. The van der Waals surface area contributed by atoms with Gasteiger partial charge in [-0.1, -0.05) is 0 Å². The lowest BCUT2D eigenvalue weighted by Crippen LogP contribution is -2.10. The third-order valence-corrected chi connectivity index (χ3v) is 3.51. The van der Waals surface area contributed by atoms with Gasteiger partial charge in [0.05, 0.1) is 21.3 Å². The van der Waals surface area contributed by atoms with Gasteiger partial charge in [-0.25, -0.2) is 9.18 Å². The molecule has 0 saturated carbocycles. The van der Waals surface area contributed by atoms with Crippen molar-refractivity contribution in [1.82, 2.24) is 0 Å². The minimum atomic E-state index is -0.522. The van der Waals surface area contributed by atoms with Gasteiger partial charge in [-0.3, -0.25) is 0 Å². The fraction of sp³-hybridized carbons (Fsp3) is 0.250. The molecule has 2 aromatic rings. The van der Waals surface area contributed by atoms with Gasteiger partial charge in [-0.15, -0.1) is 0 Å². The second-order valence-corrected chi connectivity index (χ2v) is 5.26. The molecule has 0 N–H and O–H groups in total. The molecule has 0 saturated heterocycles. The minimum absolute atomic E-state index is 0.0653. The first kappa shape index (κ1) is 20.1. The van der Waals surface area contributed by atoms with Gasteiger partial charge in [-0.05, 0) is 48.0 Å². The highest BCUT2D eigenvalue weighted by molar-refractivity contribution is 5.87. The second-order valence-electron chi connectivity index (χ2n) is 5.26. The Labute approximate surface area is 157 Å². The normalized spacial score (nSPS) is 10.5. The SMILES string of the molecule is COc1cc(/C=C/C(=O)OCCOc2ccc(F)cc2)cc(OC)c1OC. The Morgan fingerprint density at radius 2 is 1.59 bits per heavy atom. The molecule has 0 spiro atoms. The summed E-state index contributed by atoms with van der Waals surface area (Å²) in [5.74, 6) is 1.07. The number of esters is 1. The van der Waals surface area contributed by atoms with E-state index in [1.54, 1.807) is 18.2 Å². The molecule has 0 unspecified atom stereocenters. The lowest BCUT2D eigenvalue weighted by molar-refractivity contribution is -0.138. The predicted molar refractivity (Wildman–Crippen MR) is 98.0 cm³/mol. The van der Waals surface area contributed by atoms with E-state index >= 15 is 0 Å². The van der Waals surface area contributed by atoms with Gasteiger partial charge in [0.2, 0.25) is 5.75 Å². The van der Waals surface area contributed by atoms with Crippen molar-refractivity contribution >= 4 is 12.0 Å². The third kappa shape index (κ3) is 5.91. The number of carbonyl (C=O) groups is 1. The monoisotopic (exact) mass is 376 g/mol. The van der Waals surface area contributed by atoms with Crippen LogP contribution in [0.1, 0.15) is 5.56 Å². The Bertz CT molecular complexity index is 761. The average Bonchev–Trinajstić information content (AvgIpc) is 2.70. The van der Waals surface area contributed by atoms with Crippen LogP contribution in [0.4, 0.5) is 4.39 Å². The molecule has 2 rings (SSSR count). The molecular weight excluding hydrogens is 355 g/mol. The summed E-state index contributed by atoms with van der Waals surface area (Å²) in [5, 5.41) is 0. The van der Waals surface area contributed by atoms with Crippen LogP contribution in [0.3, 0.4) is 0 Å². The predicted octanol–water partition coefficient (Wildman–Crippen LogP) is 3.49. The van der Waals surface area contributed by atoms with Crippen molar-refractivity contribution in [1.29, 1.82) is 0 Å². The second kappa shape index (κ2) is 10.1.